The number of ether oxygens (including phenoxy) is 1. The van der Waals surface area contributed by atoms with Crippen LogP contribution >= 0.6 is 0 Å². The number of hydrogen-bond donors (Lipinski definition) is 0. The molecule has 6 heteroatoms. The minimum absolute atomic E-state index is 0.170. The van der Waals surface area contributed by atoms with Crippen LogP contribution < -0.4 is 4.74 Å². The topological polar surface area (TPSA) is 57.8 Å². The van der Waals surface area contributed by atoms with Gasteiger partial charge in [-0.3, -0.25) is 4.68 Å². The van der Waals surface area contributed by atoms with Gasteiger partial charge in [-0.1, -0.05) is 49.4 Å². The molecule has 30 heavy (non-hydrogen) atoms. The SMILES string of the molecule is COc1cc(/C=C/c2nc(C(C)c3ccccc3)n(C)n2)ccc1-n1cnc(C)c1. The van der Waals surface area contributed by atoms with Gasteiger partial charge in [-0.05, 0) is 36.3 Å². The first kappa shape index (κ1) is 19.6. The average molecular weight is 399 g/mol. The quantitative estimate of drug-likeness (QED) is 0.474. The van der Waals surface area contributed by atoms with Crippen LogP contribution in [0.5, 0.6) is 5.75 Å². The van der Waals surface area contributed by atoms with E-state index in [9.17, 15) is 0 Å². The van der Waals surface area contributed by atoms with Gasteiger partial charge in [-0.25, -0.2) is 9.97 Å². The Balaban J connectivity index is 1.57. The first-order valence-electron chi connectivity index (χ1n) is 9.88. The maximum Gasteiger partial charge on any atom is 0.174 e. The molecule has 0 bridgehead atoms. The number of benzene rings is 2. The van der Waals surface area contributed by atoms with Crippen molar-refractivity contribution >= 4 is 12.2 Å². The molecule has 0 N–H and O–H groups in total. The smallest absolute Gasteiger partial charge is 0.174 e. The number of aryl methyl sites for hydroxylation is 2. The highest BCUT2D eigenvalue weighted by Gasteiger charge is 2.15. The summed E-state index contributed by atoms with van der Waals surface area (Å²) in [6.45, 7) is 4.11. The van der Waals surface area contributed by atoms with Crippen LogP contribution in [-0.2, 0) is 7.05 Å². The largest absolute Gasteiger partial charge is 0.495 e. The zero-order valence-electron chi connectivity index (χ0n) is 17.6. The number of imidazole rings is 1. The van der Waals surface area contributed by atoms with Crippen molar-refractivity contribution in [3.63, 3.8) is 0 Å². The van der Waals surface area contributed by atoms with Crippen molar-refractivity contribution in [2.75, 3.05) is 7.11 Å². The van der Waals surface area contributed by atoms with Crippen molar-refractivity contribution in [2.24, 2.45) is 7.05 Å². The highest BCUT2D eigenvalue weighted by molar-refractivity contribution is 5.69. The van der Waals surface area contributed by atoms with E-state index in [4.69, 9.17) is 9.72 Å². The van der Waals surface area contributed by atoms with Gasteiger partial charge in [0.25, 0.3) is 0 Å². The summed E-state index contributed by atoms with van der Waals surface area (Å²) in [5.74, 6) is 2.57. The standard InChI is InChI=1S/C24H25N5O/c1-17-15-29(16-25-17)21-12-10-19(14-22(21)30-4)11-13-23-26-24(28(3)27-23)18(2)20-8-6-5-7-9-20/h5-16,18H,1-4H3/b13-11+. The molecule has 1 unspecified atom stereocenters. The third-order valence-corrected chi connectivity index (χ3v) is 5.12. The molecule has 2 aromatic heterocycles. The minimum Gasteiger partial charge on any atom is -0.495 e. The summed E-state index contributed by atoms with van der Waals surface area (Å²) in [7, 11) is 3.61. The van der Waals surface area contributed by atoms with Crippen molar-refractivity contribution < 1.29 is 4.74 Å². The number of nitrogens with zero attached hydrogens (tertiary/aromatic N) is 5. The van der Waals surface area contributed by atoms with Gasteiger partial charge in [0.1, 0.15) is 11.6 Å². The van der Waals surface area contributed by atoms with Crippen LogP contribution in [0, 0.1) is 6.92 Å². The van der Waals surface area contributed by atoms with Gasteiger partial charge in [0.2, 0.25) is 0 Å². The fourth-order valence-electron chi connectivity index (χ4n) is 3.49. The molecule has 2 aromatic carbocycles. The van der Waals surface area contributed by atoms with Gasteiger partial charge >= 0.3 is 0 Å². The van der Waals surface area contributed by atoms with E-state index in [1.807, 2.05) is 78.0 Å². The predicted octanol–water partition coefficient (Wildman–Crippen LogP) is 4.64. The van der Waals surface area contributed by atoms with Crippen molar-refractivity contribution in [3.8, 4) is 11.4 Å². The summed E-state index contributed by atoms with van der Waals surface area (Å²) in [6, 6.07) is 16.4. The predicted molar refractivity (Wildman–Crippen MR) is 119 cm³/mol. The highest BCUT2D eigenvalue weighted by Crippen LogP contribution is 2.26. The zero-order chi connectivity index (χ0) is 21.1. The Bertz CT molecular complexity index is 1170. The fraction of sp³-hybridized carbons (Fsp3) is 0.208. The van der Waals surface area contributed by atoms with Gasteiger partial charge < -0.3 is 9.30 Å². The first-order chi connectivity index (χ1) is 14.5. The maximum atomic E-state index is 5.59. The summed E-state index contributed by atoms with van der Waals surface area (Å²) in [4.78, 5) is 9.02. The molecular weight excluding hydrogens is 374 g/mol. The number of methoxy groups -OCH3 is 1. The Kier molecular flexibility index (Phi) is 5.48. The van der Waals surface area contributed by atoms with Crippen molar-refractivity contribution in [1.29, 1.82) is 0 Å². The molecule has 6 nitrogen and oxygen atoms in total. The first-order valence-corrected chi connectivity index (χ1v) is 9.88. The van der Waals surface area contributed by atoms with Crippen LogP contribution in [0.3, 0.4) is 0 Å². The van der Waals surface area contributed by atoms with Crippen LogP contribution in [-0.4, -0.2) is 31.4 Å². The number of hydrogen-bond acceptors (Lipinski definition) is 4. The molecule has 0 spiro atoms. The molecule has 0 saturated carbocycles. The third-order valence-electron chi connectivity index (χ3n) is 5.12. The Morgan fingerprint density at radius 2 is 1.87 bits per heavy atom. The molecule has 4 aromatic rings. The molecule has 0 saturated heterocycles. The summed E-state index contributed by atoms with van der Waals surface area (Å²) >= 11 is 0. The Morgan fingerprint density at radius 1 is 1.07 bits per heavy atom. The monoisotopic (exact) mass is 399 g/mol. The van der Waals surface area contributed by atoms with E-state index < -0.39 is 0 Å². The van der Waals surface area contributed by atoms with E-state index in [2.05, 4.69) is 29.1 Å². The molecular formula is C24H25N5O. The molecule has 0 aliphatic rings. The molecule has 0 aliphatic carbocycles. The molecule has 0 amide bonds. The van der Waals surface area contributed by atoms with E-state index in [1.54, 1.807) is 13.4 Å². The summed E-state index contributed by atoms with van der Waals surface area (Å²) in [5.41, 5.74) is 4.14. The average Bonchev–Trinajstić information content (AvgIpc) is 3.37. The summed E-state index contributed by atoms with van der Waals surface area (Å²) < 4.78 is 9.39. The lowest BCUT2D eigenvalue weighted by Gasteiger charge is -2.10. The number of rotatable bonds is 6. The van der Waals surface area contributed by atoms with Gasteiger partial charge in [-0.2, -0.15) is 5.10 Å². The Labute approximate surface area is 176 Å². The summed E-state index contributed by atoms with van der Waals surface area (Å²) in [6.07, 6.45) is 7.69. The van der Waals surface area contributed by atoms with Crippen LogP contribution in [0.2, 0.25) is 0 Å². The lowest BCUT2D eigenvalue weighted by molar-refractivity contribution is 0.413. The van der Waals surface area contributed by atoms with Gasteiger partial charge in [0.15, 0.2) is 5.82 Å². The van der Waals surface area contributed by atoms with Crippen molar-refractivity contribution in [3.05, 3.63) is 89.5 Å². The fourth-order valence-corrected chi connectivity index (χ4v) is 3.49. The molecule has 152 valence electrons. The van der Waals surface area contributed by atoms with Crippen molar-refractivity contribution in [2.45, 2.75) is 19.8 Å². The van der Waals surface area contributed by atoms with Gasteiger partial charge in [-0.15, -0.1) is 0 Å². The molecule has 4 rings (SSSR count). The van der Waals surface area contributed by atoms with E-state index in [0.717, 1.165) is 28.5 Å². The minimum atomic E-state index is 0.170. The van der Waals surface area contributed by atoms with E-state index in [0.29, 0.717) is 5.82 Å². The van der Waals surface area contributed by atoms with Crippen LogP contribution in [0.15, 0.2) is 61.1 Å². The van der Waals surface area contributed by atoms with E-state index in [1.165, 1.54) is 5.56 Å². The normalized spacial score (nSPS) is 12.4. The van der Waals surface area contributed by atoms with Gasteiger partial charge in [0.05, 0.1) is 24.8 Å². The van der Waals surface area contributed by atoms with Crippen molar-refractivity contribution in [1.82, 2.24) is 24.3 Å². The Hall–Kier alpha value is -3.67. The molecule has 0 fully saturated rings. The van der Waals surface area contributed by atoms with Crippen LogP contribution in [0.4, 0.5) is 0 Å². The van der Waals surface area contributed by atoms with Crippen LogP contribution in [0.25, 0.3) is 17.8 Å². The highest BCUT2D eigenvalue weighted by atomic mass is 16.5. The third kappa shape index (κ3) is 4.03. The zero-order valence-corrected chi connectivity index (χ0v) is 17.6. The maximum absolute atomic E-state index is 5.59. The molecule has 2 heterocycles. The molecule has 0 radical (unpaired) electrons. The second kappa shape index (κ2) is 8.37. The Morgan fingerprint density at radius 3 is 2.57 bits per heavy atom. The lowest BCUT2D eigenvalue weighted by atomic mass is 10.0. The molecule has 1 atom stereocenters. The van der Waals surface area contributed by atoms with Gasteiger partial charge in [0, 0.05) is 19.2 Å². The van der Waals surface area contributed by atoms with E-state index >= 15 is 0 Å². The van der Waals surface area contributed by atoms with E-state index in [-0.39, 0.29) is 5.92 Å². The number of aromatic nitrogens is 5. The lowest BCUT2D eigenvalue weighted by Crippen LogP contribution is -2.05. The second-order valence-corrected chi connectivity index (χ2v) is 7.27. The van der Waals surface area contributed by atoms with Crippen LogP contribution in [0.1, 0.15) is 41.3 Å². The second-order valence-electron chi connectivity index (χ2n) is 7.27. The summed E-state index contributed by atoms with van der Waals surface area (Å²) in [5, 5.41) is 4.56. The molecule has 0 aliphatic heterocycles.